The van der Waals surface area contributed by atoms with Crippen LogP contribution < -0.4 is 5.73 Å². The summed E-state index contributed by atoms with van der Waals surface area (Å²) in [5, 5.41) is 10.8. The van der Waals surface area contributed by atoms with Crippen molar-refractivity contribution in [3.63, 3.8) is 0 Å². The minimum atomic E-state index is -0.785. The molecule has 2 amide bonds. The maximum atomic E-state index is 10.9. The van der Waals surface area contributed by atoms with Crippen LogP contribution in [-0.4, -0.2) is 22.3 Å². The molecule has 17 heavy (non-hydrogen) atoms. The van der Waals surface area contributed by atoms with E-state index in [2.05, 4.69) is 0 Å². The molecule has 0 bridgehead atoms. The van der Waals surface area contributed by atoms with Crippen molar-refractivity contribution in [2.45, 2.75) is 31.2 Å². The Hall–Kier alpha value is -1.26. The molecule has 0 saturated heterocycles. The highest BCUT2D eigenvalue weighted by Crippen LogP contribution is 2.36. The van der Waals surface area contributed by atoms with Crippen LogP contribution in [0.4, 0.5) is 4.79 Å². The molecular weight excluding hydrogens is 240 g/mol. The maximum Gasteiger partial charge on any atom is 0.338 e. The van der Waals surface area contributed by atoms with Crippen molar-refractivity contribution in [3.8, 4) is 0 Å². The minimum Gasteiger partial charge on any atom is -0.350 e. The molecule has 4 nitrogen and oxygen atoms in total. The van der Waals surface area contributed by atoms with Crippen LogP contribution in [0.2, 0.25) is 5.02 Å². The zero-order chi connectivity index (χ0) is 12.4. The first-order valence-corrected chi connectivity index (χ1v) is 5.98. The van der Waals surface area contributed by atoms with Crippen molar-refractivity contribution in [1.29, 1.82) is 0 Å². The topological polar surface area (TPSA) is 66.6 Å². The third kappa shape index (κ3) is 2.70. The summed E-state index contributed by atoms with van der Waals surface area (Å²) in [6, 6.07) is 6.73. The number of primary amides is 1. The van der Waals surface area contributed by atoms with Gasteiger partial charge in [-0.15, -0.1) is 0 Å². The number of hydrogen-bond acceptors (Lipinski definition) is 2. The summed E-state index contributed by atoms with van der Waals surface area (Å²) < 4.78 is 0. The van der Waals surface area contributed by atoms with Crippen LogP contribution in [0, 0.1) is 0 Å². The minimum absolute atomic E-state index is 0.173. The van der Waals surface area contributed by atoms with E-state index < -0.39 is 6.03 Å². The number of amides is 2. The van der Waals surface area contributed by atoms with Gasteiger partial charge in [0.2, 0.25) is 0 Å². The van der Waals surface area contributed by atoms with Crippen molar-refractivity contribution >= 4 is 17.6 Å². The van der Waals surface area contributed by atoms with E-state index in [9.17, 15) is 10.0 Å². The van der Waals surface area contributed by atoms with E-state index in [-0.39, 0.29) is 6.04 Å². The molecule has 1 saturated carbocycles. The van der Waals surface area contributed by atoms with E-state index >= 15 is 0 Å². The standard InChI is InChI=1S/C12H15ClN2O2/c13-10-4-1-8(2-5-10)9-3-6-11(7-9)15(17)12(14)16/h1-2,4-5,9,11,17H,3,6-7H2,(H2,14,16)/t9-,11+/m0/s1. The van der Waals surface area contributed by atoms with E-state index in [1.54, 1.807) is 0 Å². The third-order valence-corrected chi connectivity index (χ3v) is 3.57. The molecule has 0 radical (unpaired) electrons. The van der Waals surface area contributed by atoms with E-state index in [0.29, 0.717) is 16.0 Å². The average molecular weight is 255 g/mol. The van der Waals surface area contributed by atoms with Gasteiger partial charge in [-0.3, -0.25) is 5.21 Å². The average Bonchev–Trinajstić information content (AvgIpc) is 2.78. The number of rotatable bonds is 2. The quantitative estimate of drug-likeness (QED) is 0.630. The van der Waals surface area contributed by atoms with Gasteiger partial charge < -0.3 is 5.73 Å². The zero-order valence-corrected chi connectivity index (χ0v) is 10.1. The normalized spacial score (nSPS) is 23.6. The number of urea groups is 1. The van der Waals surface area contributed by atoms with Gasteiger partial charge in [0.05, 0.1) is 6.04 Å². The molecule has 1 aromatic rings. The number of carbonyl (C=O) groups excluding carboxylic acids is 1. The van der Waals surface area contributed by atoms with E-state index in [1.807, 2.05) is 24.3 Å². The molecule has 92 valence electrons. The number of hydrogen-bond donors (Lipinski definition) is 2. The lowest BCUT2D eigenvalue weighted by Crippen LogP contribution is -2.39. The van der Waals surface area contributed by atoms with Gasteiger partial charge in [0.1, 0.15) is 0 Å². The predicted octanol–water partition coefficient (Wildman–Crippen LogP) is 2.75. The highest BCUT2D eigenvalue weighted by atomic mass is 35.5. The van der Waals surface area contributed by atoms with Crippen LogP contribution in [0.15, 0.2) is 24.3 Å². The van der Waals surface area contributed by atoms with Gasteiger partial charge in [0, 0.05) is 5.02 Å². The lowest BCUT2D eigenvalue weighted by molar-refractivity contribution is -0.0730. The Morgan fingerprint density at radius 1 is 1.35 bits per heavy atom. The maximum absolute atomic E-state index is 10.9. The van der Waals surface area contributed by atoms with Gasteiger partial charge in [-0.1, -0.05) is 23.7 Å². The molecule has 1 fully saturated rings. The van der Waals surface area contributed by atoms with Crippen LogP contribution in [0.1, 0.15) is 30.7 Å². The lowest BCUT2D eigenvalue weighted by atomic mass is 9.97. The molecule has 3 N–H and O–H groups in total. The van der Waals surface area contributed by atoms with Gasteiger partial charge in [0.25, 0.3) is 0 Å². The summed E-state index contributed by atoms with van der Waals surface area (Å²) in [6.07, 6.45) is 2.45. The van der Waals surface area contributed by atoms with Crippen molar-refractivity contribution in [2.24, 2.45) is 5.73 Å². The van der Waals surface area contributed by atoms with E-state index in [0.717, 1.165) is 19.3 Å². The van der Waals surface area contributed by atoms with Gasteiger partial charge >= 0.3 is 6.03 Å². The Kier molecular flexibility index (Phi) is 3.54. The molecule has 1 aliphatic rings. The van der Waals surface area contributed by atoms with E-state index in [4.69, 9.17) is 17.3 Å². The van der Waals surface area contributed by atoms with Crippen molar-refractivity contribution < 1.29 is 10.0 Å². The molecule has 0 heterocycles. The summed E-state index contributed by atoms with van der Waals surface area (Å²) in [6.45, 7) is 0. The van der Waals surface area contributed by atoms with Gasteiger partial charge in [-0.2, -0.15) is 0 Å². The number of hydroxylamine groups is 2. The highest BCUT2D eigenvalue weighted by Gasteiger charge is 2.31. The fourth-order valence-corrected chi connectivity index (χ4v) is 2.52. The smallest absolute Gasteiger partial charge is 0.338 e. The monoisotopic (exact) mass is 254 g/mol. The first kappa shape index (κ1) is 12.2. The molecule has 1 aromatic carbocycles. The largest absolute Gasteiger partial charge is 0.350 e. The van der Waals surface area contributed by atoms with Crippen LogP contribution in [-0.2, 0) is 0 Å². The second-order valence-electron chi connectivity index (χ2n) is 4.40. The number of halogens is 1. The Balaban J connectivity index is 2.02. The second kappa shape index (κ2) is 4.94. The summed E-state index contributed by atoms with van der Waals surface area (Å²) in [5.74, 6) is 0.353. The molecule has 1 aliphatic carbocycles. The van der Waals surface area contributed by atoms with Crippen molar-refractivity contribution in [3.05, 3.63) is 34.9 Å². The number of nitrogens with zero attached hydrogens (tertiary/aromatic N) is 1. The molecule has 0 spiro atoms. The SMILES string of the molecule is NC(=O)N(O)[C@@H]1CC[C@H](c2ccc(Cl)cc2)C1. The Morgan fingerprint density at radius 3 is 2.59 bits per heavy atom. The van der Waals surface area contributed by atoms with Gasteiger partial charge in [0.15, 0.2) is 0 Å². The molecule has 0 aromatic heterocycles. The van der Waals surface area contributed by atoms with Crippen molar-refractivity contribution in [1.82, 2.24) is 5.06 Å². The molecule has 2 atom stereocenters. The van der Waals surface area contributed by atoms with Crippen molar-refractivity contribution in [2.75, 3.05) is 0 Å². The Morgan fingerprint density at radius 2 is 2.00 bits per heavy atom. The molecule has 0 unspecified atom stereocenters. The summed E-state index contributed by atoms with van der Waals surface area (Å²) in [7, 11) is 0. The van der Waals surface area contributed by atoms with Gasteiger partial charge in [-0.05, 0) is 42.9 Å². The van der Waals surface area contributed by atoms with Crippen LogP contribution in [0.25, 0.3) is 0 Å². The number of carbonyl (C=O) groups is 1. The Bertz CT molecular complexity index is 407. The molecule has 5 heteroatoms. The Labute approximate surface area is 105 Å². The summed E-state index contributed by atoms with van der Waals surface area (Å²) in [4.78, 5) is 10.9. The van der Waals surface area contributed by atoms with Crippen LogP contribution in [0.5, 0.6) is 0 Å². The van der Waals surface area contributed by atoms with Gasteiger partial charge in [-0.25, -0.2) is 9.86 Å². The molecular formula is C12H15ClN2O2. The summed E-state index contributed by atoms with van der Waals surface area (Å²) in [5.41, 5.74) is 6.23. The zero-order valence-electron chi connectivity index (χ0n) is 9.34. The number of nitrogens with two attached hydrogens (primary N) is 1. The summed E-state index contributed by atoms with van der Waals surface area (Å²) >= 11 is 5.83. The fourth-order valence-electron chi connectivity index (χ4n) is 2.40. The van der Waals surface area contributed by atoms with Crippen LogP contribution >= 0.6 is 11.6 Å². The van der Waals surface area contributed by atoms with E-state index in [1.165, 1.54) is 5.56 Å². The number of benzene rings is 1. The first-order chi connectivity index (χ1) is 8.08. The van der Waals surface area contributed by atoms with Crippen LogP contribution in [0.3, 0.4) is 0 Å². The fraction of sp³-hybridized carbons (Fsp3) is 0.417. The molecule has 2 rings (SSSR count). The second-order valence-corrected chi connectivity index (χ2v) is 4.83. The molecule has 0 aliphatic heterocycles. The third-order valence-electron chi connectivity index (χ3n) is 3.32. The lowest BCUT2D eigenvalue weighted by Gasteiger charge is -2.19. The first-order valence-electron chi connectivity index (χ1n) is 5.61. The predicted molar refractivity (Wildman–Crippen MR) is 65.0 cm³/mol. The highest BCUT2D eigenvalue weighted by molar-refractivity contribution is 6.30.